The zero-order valence-corrected chi connectivity index (χ0v) is 32.7. The maximum Gasteiger partial charge on any atom is 0.259 e. The van der Waals surface area contributed by atoms with Gasteiger partial charge in [-0.2, -0.15) is 5.26 Å². The lowest BCUT2D eigenvalue weighted by Gasteiger charge is -2.44. The summed E-state index contributed by atoms with van der Waals surface area (Å²) < 4.78 is 46.0. The van der Waals surface area contributed by atoms with Crippen LogP contribution in [0.3, 0.4) is 0 Å². The Morgan fingerprint density at radius 2 is 1.27 bits per heavy atom. The van der Waals surface area contributed by atoms with Crippen molar-refractivity contribution in [2.75, 3.05) is 40.6 Å². The van der Waals surface area contributed by atoms with E-state index in [1.807, 2.05) is 42.5 Å². The smallest absolute Gasteiger partial charge is 0.259 e. The van der Waals surface area contributed by atoms with Crippen LogP contribution in [0.5, 0.6) is 11.5 Å². The van der Waals surface area contributed by atoms with Gasteiger partial charge in [0.15, 0.2) is 6.29 Å². The normalized spacial score (nSPS) is 21.5. The summed E-state index contributed by atoms with van der Waals surface area (Å²) in [7, 11) is 1.96. The molecule has 1 aliphatic rings. The minimum absolute atomic E-state index is 0.162. The number of nitrogens with zero attached hydrogens (tertiary/aromatic N) is 2. The van der Waals surface area contributed by atoms with Crippen molar-refractivity contribution in [2.24, 2.45) is 17.8 Å². The van der Waals surface area contributed by atoms with E-state index in [9.17, 15) is 0 Å². The molecule has 1 fully saturated rings. The van der Waals surface area contributed by atoms with Gasteiger partial charge in [0.05, 0.1) is 59.2 Å². The number of ether oxygens (including phenoxy) is 5. The highest BCUT2D eigenvalue weighted by molar-refractivity contribution is 7.44. The monoisotopic (exact) mass is 720 g/mol. The lowest BCUT2D eigenvalue weighted by atomic mass is 9.79. The predicted molar refractivity (Wildman–Crippen MR) is 202 cm³/mol. The van der Waals surface area contributed by atoms with Gasteiger partial charge in [0.25, 0.3) is 8.53 Å². The first-order valence-electron chi connectivity index (χ1n) is 18.0. The third-order valence-electron chi connectivity index (χ3n) is 9.85. The largest absolute Gasteiger partial charge is 0.497 e. The number of nitriles is 1. The first-order valence-corrected chi connectivity index (χ1v) is 19.2. The van der Waals surface area contributed by atoms with Crippen LogP contribution in [0, 0.1) is 29.1 Å². The highest BCUT2D eigenvalue weighted by Crippen LogP contribution is 2.47. The molecule has 0 saturated carbocycles. The average molecular weight is 721 g/mol. The van der Waals surface area contributed by atoms with Crippen molar-refractivity contribution in [3.05, 3.63) is 95.6 Å². The summed E-state index contributed by atoms with van der Waals surface area (Å²) in [6, 6.07) is 28.9. The summed E-state index contributed by atoms with van der Waals surface area (Å²) in [4.78, 5) is 0. The molecule has 3 aromatic rings. The summed E-state index contributed by atoms with van der Waals surface area (Å²) in [6.45, 7) is 16.5. The number of rotatable bonds is 19. The molecule has 4 rings (SSSR count). The molecule has 0 spiro atoms. The third kappa shape index (κ3) is 10.1. The zero-order valence-electron chi connectivity index (χ0n) is 31.8. The summed E-state index contributed by atoms with van der Waals surface area (Å²) in [5.41, 5.74) is 1.99. The summed E-state index contributed by atoms with van der Waals surface area (Å²) in [5, 5.41) is 9.10. The quantitative estimate of drug-likeness (QED) is 0.0684. The SMILES string of the molecule is COc1ccc(C(OCCOC2OC(COP(OCCC#N)N(C(C)C)C(C)C)C(C)C(C)C2C)(c2ccccc2)c2ccc(OC)cc2)cc1. The van der Waals surface area contributed by atoms with Gasteiger partial charge in [0.1, 0.15) is 17.1 Å². The second-order valence-corrected chi connectivity index (χ2v) is 15.1. The molecule has 1 aliphatic heterocycles. The Bertz CT molecular complexity index is 1430. The van der Waals surface area contributed by atoms with E-state index in [4.69, 9.17) is 38.0 Å². The first-order chi connectivity index (χ1) is 24.6. The van der Waals surface area contributed by atoms with Crippen LogP contribution in [0.2, 0.25) is 0 Å². The Morgan fingerprint density at radius 3 is 1.78 bits per heavy atom. The Kier molecular flexibility index (Phi) is 15.7. The number of benzene rings is 3. The first kappa shape index (κ1) is 40.7. The van der Waals surface area contributed by atoms with E-state index >= 15 is 0 Å². The van der Waals surface area contributed by atoms with Gasteiger partial charge < -0.3 is 32.7 Å². The highest BCUT2D eigenvalue weighted by atomic mass is 31.2. The maximum absolute atomic E-state index is 9.10. The Labute approximate surface area is 307 Å². The van der Waals surface area contributed by atoms with Crippen molar-refractivity contribution >= 4 is 8.53 Å². The van der Waals surface area contributed by atoms with Gasteiger partial charge in [0, 0.05) is 18.0 Å². The van der Waals surface area contributed by atoms with Crippen molar-refractivity contribution in [3.63, 3.8) is 0 Å². The van der Waals surface area contributed by atoms with Crippen LogP contribution in [-0.2, 0) is 28.9 Å². The van der Waals surface area contributed by atoms with Crippen molar-refractivity contribution in [3.8, 4) is 17.6 Å². The summed E-state index contributed by atoms with van der Waals surface area (Å²) in [5.74, 6) is 2.28. The molecular formula is C41H57N2O7P. The van der Waals surface area contributed by atoms with Crippen LogP contribution in [0.15, 0.2) is 78.9 Å². The van der Waals surface area contributed by atoms with Crippen LogP contribution in [0.1, 0.15) is 71.6 Å². The fourth-order valence-electron chi connectivity index (χ4n) is 6.75. The van der Waals surface area contributed by atoms with Gasteiger partial charge in [-0.15, -0.1) is 0 Å². The second kappa shape index (κ2) is 19.7. The zero-order chi connectivity index (χ0) is 37.0. The molecule has 1 saturated heterocycles. The number of hydrogen-bond acceptors (Lipinski definition) is 9. The molecule has 278 valence electrons. The molecule has 0 aliphatic carbocycles. The molecule has 10 heteroatoms. The van der Waals surface area contributed by atoms with Crippen molar-refractivity contribution in [2.45, 2.75) is 85.0 Å². The lowest BCUT2D eigenvalue weighted by Crippen LogP contribution is -2.48. The van der Waals surface area contributed by atoms with Gasteiger partial charge in [0.2, 0.25) is 0 Å². The molecule has 0 amide bonds. The van der Waals surface area contributed by atoms with Gasteiger partial charge >= 0.3 is 0 Å². The Morgan fingerprint density at radius 1 is 0.725 bits per heavy atom. The minimum atomic E-state index is -1.37. The fourth-order valence-corrected chi connectivity index (χ4v) is 8.37. The molecule has 9 nitrogen and oxygen atoms in total. The molecule has 1 heterocycles. The summed E-state index contributed by atoms with van der Waals surface area (Å²) >= 11 is 0. The van der Waals surface area contributed by atoms with Crippen LogP contribution in [-0.4, -0.2) is 69.8 Å². The van der Waals surface area contributed by atoms with E-state index in [0.29, 0.717) is 38.8 Å². The minimum Gasteiger partial charge on any atom is -0.497 e. The molecule has 3 aromatic carbocycles. The number of hydrogen-bond donors (Lipinski definition) is 0. The average Bonchev–Trinajstić information content (AvgIpc) is 3.14. The Hall–Kier alpha value is -3.06. The molecule has 51 heavy (non-hydrogen) atoms. The predicted octanol–water partition coefficient (Wildman–Crippen LogP) is 8.95. The lowest BCUT2D eigenvalue weighted by molar-refractivity contribution is -0.256. The van der Waals surface area contributed by atoms with Crippen molar-refractivity contribution in [1.29, 1.82) is 5.26 Å². The summed E-state index contributed by atoms with van der Waals surface area (Å²) in [6.07, 6.45) is -0.300. The molecular weight excluding hydrogens is 663 g/mol. The van der Waals surface area contributed by atoms with Gasteiger partial charge in [-0.3, -0.25) is 0 Å². The van der Waals surface area contributed by atoms with Gasteiger partial charge in [-0.05, 0) is 80.5 Å². The highest BCUT2D eigenvalue weighted by Gasteiger charge is 2.42. The van der Waals surface area contributed by atoms with E-state index < -0.39 is 20.4 Å². The van der Waals surface area contributed by atoms with Crippen molar-refractivity contribution < 1.29 is 32.7 Å². The topological polar surface area (TPSA) is 91.6 Å². The molecule has 0 bridgehead atoms. The molecule has 0 radical (unpaired) electrons. The van der Waals surface area contributed by atoms with E-state index in [1.165, 1.54) is 0 Å². The number of methoxy groups -OCH3 is 2. The van der Waals surface area contributed by atoms with E-state index in [0.717, 1.165) is 28.2 Å². The molecule has 0 N–H and O–H groups in total. The van der Waals surface area contributed by atoms with Gasteiger partial charge in [-0.25, -0.2) is 4.67 Å². The van der Waals surface area contributed by atoms with Crippen LogP contribution in [0.4, 0.5) is 0 Å². The van der Waals surface area contributed by atoms with Crippen LogP contribution >= 0.6 is 8.53 Å². The van der Waals surface area contributed by atoms with Crippen molar-refractivity contribution in [1.82, 2.24) is 4.67 Å². The fraction of sp³-hybridized carbons (Fsp3) is 0.537. The van der Waals surface area contributed by atoms with Crippen LogP contribution < -0.4 is 9.47 Å². The molecule has 0 aromatic heterocycles. The van der Waals surface area contributed by atoms with E-state index in [1.54, 1.807) is 14.2 Å². The second-order valence-electron chi connectivity index (χ2n) is 13.7. The van der Waals surface area contributed by atoms with E-state index in [-0.39, 0.29) is 30.0 Å². The van der Waals surface area contributed by atoms with Gasteiger partial charge in [-0.1, -0.05) is 75.4 Å². The molecule has 6 atom stereocenters. The standard InChI is InChI=1S/C41H57N2O7P/c1-29(2)43(30(3)4)51(48-25-13-24-42)49-28-39-32(6)31(5)33(7)40(50-39)46-26-27-47-41(34-14-11-10-12-15-34,35-16-20-37(44-8)21-17-35)36-18-22-38(45-9)23-19-36/h10-12,14-23,29-33,39-40H,13,25-28H2,1-9H3. The van der Waals surface area contributed by atoms with Crippen LogP contribution in [0.25, 0.3) is 0 Å². The Balaban J connectivity index is 1.53. The molecule has 6 unspecified atom stereocenters. The third-order valence-corrected chi connectivity index (χ3v) is 11.9. The van der Waals surface area contributed by atoms with E-state index in [2.05, 4.69) is 95.6 Å². The maximum atomic E-state index is 9.10.